The number of hydrogen-bond donors (Lipinski definition) is 0. The number of nitrogens with zero attached hydrogens (tertiary/aromatic N) is 1. The van der Waals surface area contributed by atoms with Gasteiger partial charge in [-0.15, -0.1) is 0 Å². The summed E-state index contributed by atoms with van der Waals surface area (Å²) >= 11 is 21.5. The predicted octanol–water partition coefficient (Wildman–Crippen LogP) is 6.22. The predicted molar refractivity (Wildman–Crippen MR) is 82.2 cm³/mol. The van der Waals surface area contributed by atoms with E-state index in [9.17, 15) is 0 Å². The number of fused-ring (bicyclic) bond motifs is 1. The fourth-order valence-electron chi connectivity index (χ4n) is 1.74. The lowest BCUT2D eigenvalue weighted by Gasteiger charge is -1.99. The Labute approximate surface area is 132 Å². The highest BCUT2D eigenvalue weighted by atomic mass is 79.9. The van der Waals surface area contributed by atoms with E-state index < -0.39 is 0 Å². The number of rotatable bonds is 1. The standard InChI is InChI=1S/C13H5BrCl3NO/c14-6-1-2-8(9(16)3-6)13-18-11-5-7(15)4-10(17)12(11)19-13/h1-5H. The molecular weight excluding hydrogens is 372 g/mol. The molecule has 0 saturated heterocycles. The quantitative estimate of drug-likeness (QED) is 0.503. The van der Waals surface area contributed by atoms with Gasteiger partial charge in [-0.25, -0.2) is 4.98 Å². The molecule has 1 heterocycles. The third-order valence-corrected chi connectivity index (χ3v) is 3.88. The van der Waals surface area contributed by atoms with Gasteiger partial charge in [0.05, 0.1) is 15.6 Å². The fraction of sp³-hybridized carbons (Fsp3) is 0. The van der Waals surface area contributed by atoms with Gasteiger partial charge in [-0.2, -0.15) is 0 Å². The van der Waals surface area contributed by atoms with Gasteiger partial charge in [-0.3, -0.25) is 0 Å². The number of aromatic nitrogens is 1. The van der Waals surface area contributed by atoms with Gasteiger partial charge < -0.3 is 4.42 Å². The van der Waals surface area contributed by atoms with Gasteiger partial charge in [0.25, 0.3) is 0 Å². The lowest BCUT2D eigenvalue weighted by Crippen LogP contribution is -1.79. The van der Waals surface area contributed by atoms with Gasteiger partial charge in [0.1, 0.15) is 5.52 Å². The molecule has 0 aliphatic carbocycles. The topological polar surface area (TPSA) is 26.0 Å². The molecule has 0 bridgehead atoms. The number of hydrogen-bond acceptors (Lipinski definition) is 2. The number of oxazole rings is 1. The molecule has 0 spiro atoms. The Hall–Kier alpha value is -0.740. The second-order valence-electron chi connectivity index (χ2n) is 3.88. The lowest BCUT2D eigenvalue weighted by molar-refractivity contribution is 0.620. The van der Waals surface area contributed by atoms with Crippen molar-refractivity contribution < 1.29 is 4.42 Å². The van der Waals surface area contributed by atoms with Gasteiger partial charge in [0.15, 0.2) is 5.58 Å². The van der Waals surface area contributed by atoms with Gasteiger partial charge in [-0.1, -0.05) is 50.7 Å². The first-order chi connectivity index (χ1) is 9.04. The molecule has 0 amide bonds. The van der Waals surface area contributed by atoms with Crippen molar-refractivity contribution in [3.05, 3.63) is 49.9 Å². The molecule has 2 nitrogen and oxygen atoms in total. The van der Waals surface area contributed by atoms with Gasteiger partial charge >= 0.3 is 0 Å². The molecule has 0 atom stereocenters. The molecule has 0 fully saturated rings. The summed E-state index contributed by atoms with van der Waals surface area (Å²) in [5, 5.41) is 1.48. The monoisotopic (exact) mass is 375 g/mol. The minimum Gasteiger partial charge on any atom is -0.434 e. The summed E-state index contributed by atoms with van der Waals surface area (Å²) in [5.41, 5.74) is 1.81. The highest BCUT2D eigenvalue weighted by molar-refractivity contribution is 9.10. The fourth-order valence-corrected chi connectivity index (χ4v) is 3.01. The second kappa shape index (κ2) is 4.98. The molecule has 0 N–H and O–H groups in total. The zero-order valence-electron chi connectivity index (χ0n) is 9.25. The Morgan fingerprint density at radius 1 is 1.00 bits per heavy atom. The van der Waals surface area contributed by atoms with E-state index in [1.165, 1.54) is 0 Å². The minimum atomic E-state index is 0.414. The molecule has 19 heavy (non-hydrogen) atoms. The van der Waals surface area contributed by atoms with Crippen LogP contribution in [0, 0.1) is 0 Å². The van der Waals surface area contributed by atoms with Crippen molar-refractivity contribution in [1.82, 2.24) is 4.98 Å². The molecule has 0 unspecified atom stereocenters. The van der Waals surface area contributed by atoms with Crippen LogP contribution in [0.4, 0.5) is 0 Å². The van der Waals surface area contributed by atoms with Crippen LogP contribution >= 0.6 is 50.7 Å². The highest BCUT2D eigenvalue weighted by Crippen LogP contribution is 2.35. The van der Waals surface area contributed by atoms with E-state index in [0.29, 0.717) is 37.6 Å². The summed E-state index contributed by atoms with van der Waals surface area (Å²) < 4.78 is 6.55. The zero-order valence-corrected chi connectivity index (χ0v) is 13.1. The average molecular weight is 377 g/mol. The summed E-state index contributed by atoms with van der Waals surface area (Å²) in [5.74, 6) is 0.414. The van der Waals surface area contributed by atoms with Crippen LogP contribution in [0.5, 0.6) is 0 Å². The van der Waals surface area contributed by atoms with E-state index in [4.69, 9.17) is 39.2 Å². The summed E-state index contributed by atoms with van der Waals surface area (Å²) in [7, 11) is 0. The molecule has 6 heteroatoms. The summed E-state index contributed by atoms with van der Waals surface area (Å²) in [6, 6.07) is 8.78. The van der Waals surface area contributed by atoms with Crippen LogP contribution in [0.1, 0.15) is 0 Å². The first-order valence-electron chi connectivity index (χ1n) is 5.25. The van der Waals surface area contributed by atoms with Crippen LogP contribution in [0.15, 0.2) is 39.2 Å². The average Bonchev–Trinajstić information content (AvgIpc) is 2.72. The first kappa shape index (κ1) is 13.3. The molecule has 0 aliphatic heterocycles. The van der Waals surface area contributed by atoms with E-state index in [2.05, 4.69) is 20.9 Å². The summed E-state index contributed by atoms with van der Waals surface area (Å²) in [4.78, 5) is 4.36. The molecule has 3 aromatic rings. The molecule has 3 rings (SSSR count). The highest BCUT2D eigenvalue weighted by Gasteiger charge is 2.14. The van der Waals surface area contributed by atoms with E-state index >= 15 is 0 Å². The van der Waals surface area contributed by atoms with Crippen molar-refractivity contribution in [3.63, 3.8) is 0 Å². The normalized spacial score (nSPS) is 11.2. The molecule has 0 aliphatic rings. The molecular formula is C13H5BrCl3NO. The summed E-state index contributed by atoms with van der Waals surface area (Å²) in [6.45, 7) is 0. The largest absolute Gasteiger partial charge is 0.434 e. The first-order valence-corrected chi connectivity index (χ1v) is 7.18. The number of halogens is 4. The smallest absolute Gasteiger partial charge is 0.228 e. The van der Waals surface area contributed by atoms with Gasteiger partial charge in [-0.05, 0) is 30.3 Å². The van der Waals surface area contributed by atoms with Crippen molar-refractivity contribution in [2.24, 2.45) is 0 Å². The van der Waals surface area contributed by atoms with Crippen LogP contribution < -0.4 is 0 Å². The molecule has 96 valence electrons. The van der Waals surface area contributed by atoms with Crippen molar-refractivity contribution >= 4 is 61.8 Å². The van der Waals surface area contributed by atoms with E-state index in [-0.39, 0.29) is 0 Å². The molecule has 0 saturated carbocycles. The van der Waals surface area contributed by atoms with E-state index in [1.807, 2.05) is 12.1 Å². The van der Waals surface area contributed by atoms with Crippen LogP contribution in [-0.2, 0) is 0 Å². The lowest BCUT2D eigenvalue weighted by atomic mass is 10.2. The Bertz CT molecular complexity index is 785. The number of benzene rings is 2. The van der Waals surface area contributed by atoms with Crippen LogP contribution in [-0.4, -0.2) is 4.98 Å². The van der Waals surface area contributed by atoms with Crippen LogP contribution in [0.25, 0.3) is 22.6 Å². The third-order valence-electron chi connectivity index (χ3n) is 2.57. The third kappa shape index (κ3) is 2.48. The Morgan fingerprint density at radius 3 is 2.53 bits per heavy atom. The van der Waals surface area contributed by atoms with Crippen LogP contribution in [0.3, 0.4) is 0 Å². The maximum Gasteiger partial charge on any atom is 0.228 e. The Balaban J connectivity index is 2.23. The maximum atomic E-state index is 6.17. The Kier molecular flexibility index (Phi) is 3.48. The van der Waals surface area contributed by atoms with Crippen molar-refractivity contribution in [3.8, 4) is 11.5 Å². The van der Waals surface area contributed by atoms with Gasteiger partial charge in [0, 0.05) is 9.50 Å². The second-order valence-corrected chi connectivity index (χ2v) is 6.05. The van der Waals surface area contributed by atoms with Crippen molar-refractivity contribution in [2.75, 3.05) is 0 Å². The van der Waals surface area contributed by atoms with Crippen molar-refractivity contribution in [2.45, 2.75) is 0 Å². The Morgan fingerprint density at radius 2 is 1.79 bits per heavy atom. The van der Waals surface area contributed by atoms with Crippen molar-refractivity contribution in [1.29, 1.82) is 0 Å². The summed E-state index contributed by atoms with van der Waals surface area (Å²) in [6.07, 6.45) is 0. The van der Waals surface area contributed by atoms with Crippen LogP contribution in [0.2, 0.25) is 15.1 Å². The molecule has 1 aromatic heterocycles. The van der Waals surface area contributed by atoms with E-state index in [1.54, 1.807) is 18.2 Å². The zero-order chi connectivity index (χ0) is 13.6. The SMILES string of the molecule is Clc1cc(Cl)c2oc(-c3ccc(Br)cc3Cl)nc2c1. The maximum absolute atomic E-state index is 6.17. The minimum absolute atomic E-state index is 0.414. The van der Waals surface area contributed by atoms with E-state index in [0.717, 1.165) is 4.47 Å². The molecule has 0 radical (unpaired) electrons. The van der Waals surface area contributed by atoms with Gasteiger partial charge in [0.2, 0.25) is 5.89 Å². The molecule has 2 aromatic carbocycles.